The van der Waals surface area contributed by atoms with Gasteiger partial charge in [-0.15, -0.1) is 0 Å². The Kier molecular flexibility index (Phi) is 3.87. The first kappa shape index (κ1) is 16.6. The maximum absolute atomic E-state index is 6.29. The van der Waals surface area contributed by atoms with Gasteiger partial charge in [-0.3, -0.25) is 0 Å². The average Bonchev–Trinajstić information content (AvgIpc) is 2.44. The summed E-state index contributed by atoms with van der Waals surface area (Å²) in [6.07, 6.45) is 0. The van der Waals surface area contributed by atoms with Crippen LogP contribution in [0.4, 0.5) is 0 Å². The van der Waals surface area contributed by atoms with Gasteiger partial charge in [0.15, 0.2) is 0 Å². The predicted molar refractivity (Wildman–Crippen MR) is 101 cm³/mol. The highest BCUT2D eigenvalue weighted by atomic mass is 79.9. The molecular weight excluding hydrogens is 348 g/mol. The summed E-state index contributed by atoms with van der Waals surface area (Å²) < 4.78 is 6.29. The minimum atomic E-state index is 0.119. The average molecular weight is 373 g/mol. The third kappa shape index (κ3) is 3.06. The zero-order valence-corrected chi connectivity index (χ0v) is 16.4. The molecule has 2 aromatic rings. The molecule has 1 heterocycles. The van der Waals surface area contributed by atoms with Crippen LogP contribution in [-0.2, 0) is 10.8 Å². The van der Waals surface area contributed by atoms with Crippen LogP contribution in [0.5, 0.6) is 11.5 Å². The Morgan fingerprint density at radius 2 is 1.13 bits per heavy atom. The van der Waals surface area contributed by atoms with E-state index >= 15 is 0 Å². The molecule has 0 fully saturated rings. The molecule has 0 aliphatic carbocycles. The minimum Gasteiger partial charge on any atom is -0.457 e. The lowest BCUT2D eigenvalue weighted by atomic mass is 9.84. The molecule has 122 valence electrons. The Morgan fingerprint density at radius 3 is 1.48 bits per heavy atom. The summed E-state index contributed by atoms with van der Waals surface area (Å²) in [6, 6.07) is 13.2. The Hall–Kier alpha value is -1.28. The van der Waals surface area contributed by atoms with Gasteiger partial charge < -0.3 is 4.74 Å². The lowest BCUT2D eigenvalue weighted by Crippen LogP contribution is -2.15. The van der Waals surface area contributed by atoms with Gasteiger partial charge in [-0.25, -0.2) is 0 Å². The molecule has 0 aromatic heterocycles. The zero-order chi connectivity index (χ0) is 17.0. The van der Waals surface area contributed by atoms with E-state index in [-0.39, 0.29) is 15.7 Å². The number of fused-ring (bicyclic) bond motifs is 2. The number of hydrogen-bond donors (Lipinski definition) is 0. The quantitative estimate of drug-likeness (QED) is 0.458. The van der Waals surface area contributed by atoms with E-state index in [1.165, 1.54) is 22.3 Å². The maximum Gasteiger partial charge on any atom is 0.132 e. The Labute approximate surface area is 148 Å². The first-order chi connectivity index (χ1) is 10.6. The van der Waals surface area contributed by atoms with Crippen molar-refractivity contribution in [3.63, 3.8) is 0 Å². The highest BCUT2D eigenvalue weighted by Gasteiger charge is 2.28. The Bertz CT molecular complexity index is 684. The molecule has 1 aliphatic heterocycles. The highest BCUT2D eigenvalue weighted by Crippen LogP contribution is 2.49. The molecule has 0 bridgehead atoms. The molecule has 0 spiro atoms. The van der Waals surface area contributed by atoms with Gasteiger partial charge in [0.1, 0.15) is 11.5 Å². The van der Waals surface area contributed by atoms with Crippen LogP contribution in [0.15, 0.2) is 36.4 Å². The first-order valence-corrected chi connectivity index (χ1v) is 9.10. The topological polar surface area (TPSA) is 9.23 Å². The second-order valence-corrected chi connectivity index (χ2v) is 9.39. The van der Waals surface area contributed by atoms with E-state index < -0.39 is 0 Å². The molecule has 0 N–H and O–H groups in total. The standard InChI is InChI=1S/C21H25BrO/c1-20(2,3)13-7-9-15-17(11-13)23-18-12-14(21(4,5)6)8-10-16(18)19(15)22/h7-12,19H,1-6H3. The van der Waals surface area contributed by atoms with E-state index in [0.29, 0.717) is 0 Å². The van der Waals surface area contributed by atoms with Gasteiger partial charge in [-0.1, -0.05) is 81.7 Å². The van der Waals surface area contributed by atoms with Crippen LogP contribution in [0.2, 0.25) is 0 Å². The number of halogens is 1. The molecule has 2 aromatic carbocycles. The molecule has 0 radical (unpaired) electrons. The van der Waals surface area contributed by atoms with Gasteiger partial charge in [0.25, 0.3) is 0 Å². The van der Waals surface area contributed by atoms with Gasteiger partial charge >= 0.3 is 0 Å². The summed E-state index contributed by atoms with van der Waals surface area (Å²) in [5.74, 6) is 1.94. The molecule has 0 saturated carbocycles. The summed E-state index contributed by atoms with van der Waals surface area (Å²) in [5.41, 5.74) is 5.24. The normalized spacial score (nSPS) is 14.9. The Balaban J connectivity index is 2.08. The van der Waals surface area contributed by atoms with Crippen molar-refractivity contribution >= 4 is 15.9 Å². The summed E-state index contributed by atoms with van der Waals surface area (Å²) in [7, 11) is 0. The lowest BCUT2D eigenvalue weighted by Gasteiger charge is -2.29. The zero-order valence-electron chi connectivity index (χ0n) is 14.8. The summed E-state index contributed by atoms with van der Waals surface area (Å²) >= 11 is 3.86. The van der Waals surface area contributed by atoms with E-state index in [4.69, 9.17) is 4.74 Å². The number of rotatable bonds is 0. The van der Waals surface area contributed by atoms with E-state index in [9.17, 15) is 0 Å². The molecule has 2 heteroatoms. The first-order valence-electron chi connectivity index (χ1n) is 8.18. The number of alkyl halides is 1. The number of hydrogen-bond acceptors (Lipinski definition) is 1. The van der Waals surface area contributed by atoms with Crippen molar-refractivity contribution in [2.24, 2.45) is 0 Å². The van der Waals surface area contributed by atoms with E-state index in [0.717, 1.165) is 11.5 Å². The molecular formula is C21H25BrO. The second-order valence-electron chi connectivity index (χ2n) is 8.47. The maximum atomic E-state index is 6.29. The summed E-state index contributed by atoms with van der Waals surface area (Å²) in [6.45, 7) is 13.4. The summed E-state index contributed by atoms with van der Waals surface area (Å²) in [5, 5.41) is 0. The van der Waals surface area contributed by atoms with Crippen molar-refractivity contribution in [2.45, 2.75) is 57.2 Å². The fourth-order valence-electron chi connectivity index (χ4n) is 2.88. The monoisotopic (exact) mass is 372 g/mol. The van der Waals surface area contributed by atoms with Crippen molar-refractivity contribution in [2.75, 3.05) is 0 Å². The van der Waals surface area contributed by atoms with Gasteiger partial charge in [0, 0.05) is 11.1 Å². The number of ether oxygens (including phenoxy) is 1. The van der Waals surface area contributed by atoms with E-state index in [2.05, 4.69) is 93.9 Å². The highest BCUT2D eigenvalue weighted by molar-refractivity contribution is 9.09. The fraction of sp³-hybridized carbons (Fsp3) is 0.429. The molecule has 0 atom stereocenters. The van der Waals surface area contributed by atoms with Crippen LogP contribution in [0, 0.1) is 0 Å². The van der Waals surface area contributed by atoms with Gasteiger partial charge in [0.2, 0.25) is 0 Å². The fourth-order valence-corrected chi connectivity index (χ4v) is 3.64. The molecule has 3 rings (SSSR count). The smallest absolute Gasteiger partial charge is 0.132 e. The molecule has 1 nitrogen and oxygen atoms in total. The molecule has 23 heavy (non-hydrogen) atoms. The third-order valence-corrected chi connectivity index (χ3v) is 5.51. The summed E-state index contributed by atoms with van der Waals surface area (Å²) in [4.78, 5) is 0.185. The second kappa shape index (κ2) is 5.37. The van der Waals surface area contributed by atoms with E-state index in [1.54, 1.807) is 0 Å². The number of benzene rings is 2. The van der Waals surface area contributed by atoms with Crippen molar-refractivity contribution in [1.82, 2.24) is 0 Å². The molecule has 0 unspecified atom stereocenters. The SMILES string of the molecule is CC(C)(C)c1ccc2c(c1)Oc1cc(C(C)(C)C)ccc1C2Br. The molecule has 0 saturated heterocycles. The van der Waals surface area contributed by atoms with Gasteiger partial charge in [0.05, 0.1) is 4.83 Å². The van der Waals surface area contributed by atoms with Crippen LogP contribution in [0.25, 0.3) is 0 Å². The van der Waals surface area contributed by atoms with Crippen LogP contribution in [0.1, 0.15) is 68.6 Å². The van der Waals surface area contributed by atoms with Crippen LogP contribution in [-0.4, -0.2) is 0 Å². The van der Waals surface area contributed by atoms with Gasteiger partial charge in [-0.05, 0) is 34.1 Å². The largest absolute Gasteiger partial charge is 0.457 e. The van der Waals surface area contributed by atoms with Crippen LogP contribution < -0.4 is 4.74 Å². The predicted octanol–water partition coefficient (Wildman–Crippen LogP) is 6.87. The van der Waals surface area contributed by atoms with Crippen LogP contribution >= 0.6 is 15.9 Å². The third-order valence-electron chi connectivity index (χ3n) is 4.53. The molecule has 0 amide bonds. The minimum absolute atomic E-state index is 0.119. The van der Waals surface area contributed by atoms with Crippen molar-refractivity contribution in [3.8, 4) is 11.5 Å². The van der Waals surface area contributed by atoms with Gasteiger partial charge in [-0.2, -0.15) is 0 Å². The Morgan fingerprint density at radius 1 is 0.739 bits per heavy atom. The van der Waals surface area contributed by atoms with Crippen LogP contribution in [0.3, 0.4) is 0 Å². The lowest BCUT2D eigenvalue weighted by molar-refractivity contribution is 0.452. The molecule has 1 aliphatic rings. The van der Waals surface area contributed by atoms with E-state index in [1.807, 2.05) is 0 Å². The van der Waals surface area contributed by atoms with Crippen molar-refractivity contribution in [1.29, 1.82) is 0 Å². The van der Waals surface area contributed by atoms with Crippen molar-refractivity contribution in [3.05, 3.63) is 58.7 Å². The van der Waals surface area contributed by atoms with Crippen molar-refractivity contribution < 1.29 is 4.74 Å².